The zero-order valence-electron chi connectivity index (χ0n) is 13.6. The number of hydrogen-bond donors (Lipinski definition) is 1. The van der Waals surface area contributed by atoms with E-state index < -0.39 is 0 Å². The molecule has 0 aliphatic heterocycles. The summed E-state index contributed by atoms with van der Waals surface area (Å²) in [6, 6.07) is 3.95. The highest BCUT2D eigenvalue weighted by atomic mass is 79.9. The maximum Gasteiger partial charge on any atom is 0.161 e. The molecule has 0 fully saturated rings. The molecule has 1 aromatic rings. The smallest absolute Gasteiger partial charge is 0.161 e. The predicted molar refractivity (Wildman–Crippen MR) is 93.2 cm³/mol. The molecule has 1 aromatic carbocycles. The Labute approximate surface area is 136 Å². The van der Waals surface area contributed by atoms with Crippen LogP contribution in [0.4, 0.5) is 0 Å². The highest BCUT2D eigenvalue weighted by Gasteiger charge is 2.10. The van der Waals surface area contributed by atoms with Crippen LogP contribution >= 0.6 is 15.9 Å². The molecule has 0 bridgehead atoms. The first-order valence-electron chi connectivity index (χ1n) is 7.36. The zero-order valence-corrected chi connectivity index (χ0v) is 15.2. The lowest BCUT2D eigenvalue weighted by Crippen LogP contribution is -2.19. The van der Waals surface area contributed by atoms with Gasteiger partial charge in [0, 0.05) is 11.0 Å². The van der Waals surface area contributed by atoms with E-state index in [4.69, 9.17) is 9.47 Å². The van der Waals surface area contributed by atoms with Crippen molar-refractivity contribution < 1.29 is 9.47 Å². The van der Waals surface area contributed by atoms with Crippen molar-refractivity contribution in [1.82, 2.24) is 5.32 Å². The summed E-state index contributed by atoms with van der Waals surface area (Å²) in [6.45, 7) is 8.56. The van der Waals surface area contributed by atoms with Crippen molar-refractivity contribution in [1.29, 1.82) is 0 Å². The van der Waals surface area contributed by atoms with Crippen LogP contribution in [0, 0.1) is 5.92 Å². The predicted octanol–water partition coefficient (Wildman–Crippen LogP) is 4.51. The van der Waals surface area contributed by atoms with Crippen molar-refractivity contribution >= 4 is 22.0 Å². The van der Waals surface area contributed by atoms with Crippen LogP contribution in [0.1, 0.15) is 32.8 Å². The van der Waals surface area contributed by atoms with Crippen LogP contribution in [0.15, 0.2) is 22.2 Å². The van der Waals surface area contributed by atoms with Gasteiger partial charge < -0.3 is 14.8 Å². The van der Waals surface area contributed by atoms with Crippen molar-refractivity contribution in [3.63, 3.8) is 0 Å². The van der Waals surface area contributed by atoms with E-state index in [1.54, 1.807) is 14.2 Å². The number of benzene rings is 1. The Bertz CT molecular complexity index is 484. The van der Waals surface area contributed by atoms with Gasteiger partial charge in [-0.1, -0.05) is 48.4 Å². The topological polar surface area (TPSA) is 30.5 Å². The van der Waals surface area contributed by atoms with Crippen LogP contribution in [0.2, 0.25) is 0 Å². The van der Waals surface area contributed by atoms with Crippen LogP contribution in [-0.4, -0.2) is 27.3 Å². The zero-order chi connectivity index (χ0) is 15.8. The average molecular weight is 356 g/mol. The summed E-state index contributed by atoms with van der Waals surface area (Å²) in [5, 5.41) is 3.47. The molecule has 0 saturated carbocycles. The van der Waals surface area contributed by atoms with Crippen LogP contribution in [0.25, 0.3) is 6.08 Å². The van der Waals surface area contributed by atoms with Gasteiger partial charge in [-0.3, -0.25) is 0 Å². The number of hydrogen-bond acceptors (Lipinski definition) is 3. The van der Waals surface area contributed by atoms with E-state index in [9.17, 15) is 0 Å². The van der Waals surface area contributed by atoms with Crippen LogP contribution in [0.5, 0.6) is 11.5 Å². The molecule has 0 spiro atoms. The molecule has 0 heterocycles. The summed E-state index contributed by atoms with van der Waals surface area (Å²) >= 11 is 3.61. The molecule has 3 nitrogen and oxygen atoms in total. The van der Waals surface area contributed by atoms with Gasteiger partial charge in [-0.25, -0.2) is 0 Å². The fourth-order valence-corrected chi connectivity index (χ4v) is 2.45. The SMILES string of the molecule is CCCNCC(=Cc1cc(OC)c(OC)cc1Br)C(C)C. The number of ether oxygens (including phenoxy) is 2. The maximum atomic E-state index is 5.38. The van der Waals surface area contributed by atoms with E-state index in [1.807, 2.05) is 12.1 Å². The van der Waals surface area contributed by atoms with Gasteiger partial charge in [0.1, 0.15) is 0 Å². The first-order valence-corrected chi connectivity index (χ1v) is 8.15. The summed E-state index contributed by atoms with van der Waals surface area (Å²) in [7, 11) is 3.30. The summed E-state index contributed by atoms with van der Waals surface area (Å²) < 4.78 is 11.7. The summed E-state index contributed by atoms with van der Waals surface area (Å²) in [6.07, 6.45) is 3.37. The van der Waals surface area contributed by atoms with Gasteiger partial charge in [-0.15, -0.1) is 0 Å². The Morgan fingerprint density at radius 1 is 1.24 bits per heavy atom. The molecule has 1 N–H and O–H groups in total. The first kappa shape index (κ1) is 18.1. The van der Waals surface area contributed by atoms with Gasteiger partial charge in [-0.05, 0) is 36.6 Å². The minimum atomic E-state index is 0.495. The normalized spacial score (nSPS) is 11.9. The summed E-state index contributed by atoms with van der Waals surface area (Å²) in [5.41, 5.74) is 2.48. The van der Waals surface area contributed by atoms with E-state index in [-0.39, 0.29) is 0 Å². The Hall–Kier alpha value is -1.00. The fraction of sp³-hybridized carbons (Fsp3) is 0.529. The number of rotatable bonds is 8. The van der Waals surface area contributed by atoms with E-state index in [0.29, 0.717) is 5.92 Å². The lowest BCUT2D eigenvalue weighted by Gasteiger charge is -2.15. The second-order valence-corrected chi connectivity index (χ2v) is 6.13. The lowest BCUT2D eigenvalue weighted by atomic mass is 10.00. The van der Waals surface area contributed by atoms with Gasteiger partial charge >= 0.3 is 0 Å². The largest absolute Gasteiger partial charge is 0.493 e. The molecule has 0 saturated heterocycles. The molecular formula is C17H26BrNO2. The Morgan fingerprint density at radius 3 is 2.38 bits per heavy atom. The molecular weight excluding hydrogens is 330 g/mol. The second-order valence-electron chi connectivity index (χ2n) is 5.28. The van der Waals surface area contributed by atoms with Gasteiger partial charge in [0.15, 0.2) is 11.5 Å². The Kier molecular flexibility index (Phi) is 7.83. The first-order chi connectivity index (χ1) is 10.0. The molecule has 0 radical (unpaired) electrons. The lowest BCUT2D eigenvalue weighted by molar-refractivity contribution is 0.354. The van der Waals surface area contributed by atoms with Gasteiger partial charge in [0.05, 0.1) is 14.2 Å². The highest BCUT2D eigenvalue weighted by molar-refractivity contribution is 9.10. The molecule has 21 heavy (non-hydrogen) atoms. The molecule has 118 valence electrons. The quantitative estimate of drug-likeness (QED) is 0.696. The summed E-state index contributed by atoms with van der Waals surface area (Å²) in [5.74, 6) is 1.97. The molecule has 0 aromatic heterocycles. The third-order valence-electron chi connectivity index (χ3n) is 3.34. The Morgan fingerprint density at radius 2 is 1.86 bits per heavy atom. The average Bonchev–Trinajstić information content (AvgIpc) is 2.47. The van der Waals surface area contributed by atoms with E-state index in [2.05, 4.69) is 48.1 Å². The van der Waals surface area contributed by atoms with Gasteiger partial charge in [0.25, 0.3) is 0 Å². The molecule has 0 atom stereocenters. The molecule has 0 amide bonds. The molecule has 0 unspecified atom stereocenters. The third-order valence-corrected chi connectivity index (χ3v) is 4.03. The van der Waals surface area contributed by atoms with Crippen molar-refractivity contribution in [2.24, 2.45) is 5.92 Å². The van der Waals surface area contributed by atoms with Crippen molar-refractivity contribution in [2.45, 2.75) is 27.2 Å². The third kappa shape index (κ3) is 5.36. The van der Waals surface area contributed by atoms with Crippen LogP contribution < -0.4 is 14.8 Å². The Balaban J connectivity index is 3.08. The summed E-state index contributed by atoms with van der Waals surface area (Å²) in [4.78, 5) is 0. The van der Waals surface area contributed by atoms with E-state index >= 15 is 0 Å². The fourth-order valence-electron chi connectivity index (χ4n) is 2.01. The molecule has 4 heteroatoms. The van der Waals surface area contributed by atoms with Gasteiger partial charge in [-0.2, -0.15) is 0 Å². The van der Waals surface area contributed by atoms with Crippen molar-refractivity contribution in [2.75, 3.05) is 27.3 Å². The van der Waals surface area contributed by atoms with Crippen LogP contribution in [0.3, 0.4) is 0 Å². The maximum absolute atomic E-state index is 5.38. The van der Waals surface area contributed by atoms with Crippen molar-refractivity contribution in [3.05, 3.63) is 27.7 Å². The van der Waals surface area contributed by atoms with Crippen LogP contribution in [-0.2, 0) is 0 Å². The van der Waals surface area contributed by atoms with E-state index in [1.165, 1.54) is 5.57 Å². The van der Waals surface area contributed by atoms with Crippen molar-refractivity contribution in [3.8, 4) is 11.5 Å². The number of nitrogens with one attached hydrogen (secondary N) is 1. The van der Waals surface area contributed by atoms with Gasteiger partial charge in [0.2, 0.25) is 0 Å². The van der Waals surface area contributed by atoms with E-state index in [0.717, 1.165) is 41.0 Å². The minimum Gasteiger partial charge on any atom is -0.493 e. The molecule has 1 rings (SSSR count). The highest BCUT2D eigenvalue weighted by Crippen LogP contribution is 2.34. The minimum absolute atomic E-state index is 0.495. The molecule has 0 aliphatic carbocycles. The monoisotopic (exact) mass is 355 g/mol. The number of halogens is 1. The standard InChI is InChI=1S/C17H26BrNO2/c1-6-7-19-11-14(12(2)3)8-13-9-16(20-4)17(21-5)10-15(13)18/h8-10,12,19H,6-7,11H2,1-5H3. The molecule has 0 aliphatic rings. The second kappa shape index (κ2) is 9.11. The number of methoxy groups -OCH3 is 2.